The number of halogens is 1. The minimum atomic E-state index is 0.301. The van der Waals surface area contributed by atoms with Crippen molar-refractivity contribution in [3.63, 3.8) is 0 Å². The van der Waals surface area contributed by atoms with E-state index in [0.717, 1.165) is 23.5 Å². The van der Waals surface area contributed by atoms with Gasteiger partial charge in [-0.15, -0.1) is 0 Å². The summed E-state index contributed by atoms with van der Waals surface area (Å²) in [5, 5.41) is 3.63. The fraction of sp³-hybridized carbons (Fsp3) is 0.600. The lowest BCUT2D eigenvalue weighted by atomic mass is 9.93. The number of hydrogen-bond donors (Lipinski definition) is 1. The van der Waals surface area contributed by atoms with Crippen LogP contribution in [0.4, 0.5) is 0 Å². The van der Waals surface area contributed by atoms with Crippen molar-refractivity contribution < 1.29 is 4.74 Å². The third kappa shape index (κ3) is 4.38. The van der Waals surface area contributed by atoms with Gasteiger partial charge >= 0.3 is 0 Å². The molecule has 2 unspecified atom stereocenters. The monoisotopic (exact) mass is 311 g/mol. The van der Waals surface area contributed by atoms with Gasteiger partial charge in [-0.05, 0) is 49.8 Å². The van der Waals surface area contributed by atoms with E-state index in [-0.39, 0.29) is 0 Å². The van der Waals surface area contributed by atoms with Crippen LogP contribution in [-0.4, -0.2) is 25.8 Å². The summed E-state index contributed by atoms with van der Waals surface area (Å²) in [6.07, 6.45) is 4.04. The first-order valence-corrected chi connectivity index (χ1v) is 7.50. The Morgan fingerprint density at radius 1 is 1.44 bits per heavy atom. The van der Waals surface area contributed by atoms with E-state index in [0.29, 0.717) is 12.0 Å². The molecule has 0 aliphatic heterocycles. The average molecular weight is 312 g/mol. The summed E-state index contributed by atoms with van der Waals surface area (Å²) in [4.78, 5) is 0. The highest BCUT2D eigenvalue weighted by Gasteiger charge is 2.23. The number of methoxy groups -OCH3 is 1. The second-order valence-corrected chi connectivity index (χ2v) is 6.13. The van der Waals surface area contributed by atoms with E-state index in [1.807, 2.05) is 0 Å². The smallest absolute Gasteiger partial charge is 0.0549 e. The third-order valence-corrected chi connectivity index (χ3v) is 4.06. The Hall–Kier alpha value is -0.380. The maximum absolute atomic E-state index is 5.42. The summed E-state index contributed by atoms with van der Waals surface area (Å²) >= 11 is 3.55. The zero-order valence-electron chi connectivity index (χ0n) is 11.2. The summed E-state index contributed by atoms with van der Waals surface area (Å²) in [6, 6.07) is 9.39. The van der Waals surface area contributed by atoms with Crippen LogP contribution in [0.2, 0.25) is 0 Å². The van der Waals surface area contributed by atoms with Crippen LogP contribution in [0, 0.1) is 0 Å². The fourth-order valence-corrected chi connectivity index (χ4v) is 2.61. The van der Waals surface area contributed by atoms with Crippen LogP contribution >= 0.6 is 15.9 Å². The minimum absolute atomic E-state index is 0.301. The molecule has 3 heteroatoms. The molecule has 0 bridgehead atoms. The van der Waals surface area contributed by atoms with Gasteiger partial charge in [0.2, 0.25) is 0 Å². The van der Waals surface area contributed by atoms with Crippen LogP contribution in [0.1, 0.15) is 37.7 Å². The van der Waals surface area contributed by atoms with E-state index >= 15 is 0 Å². The summed E-state index contributed by atoms with van der Waals surface area (Å²) in [7, 11) is 1.79. The SMILES string of the molecule is COC(C)CC(CNC1CC1)c1cccc(Br)c1. The Morgan fingerprint density at radius 3 is 2.83 bits per heavy atom. The zero-order chi connectivity index (χ0) is 13.0. The summed E-state index contributed by atoms with van der Waals surface area (Å²) in [6.45, 7) is 3.19. The highest BCUT2D eigenvalue weighted by atomic mass is 79.9. The molecule has 1 aliphatic carbocycles. The molecule has 1 aromatic carbocycles. The first-order valence-electron chi connectivity index (χ1n) is 6.70. The largest absolute Gasteiger partial charge is 0.382 e. The van der Waals surface area contributed by atoms with E-state index < -0.39 is 0 Å². The minimum Gasteiger partial charge on any atom is -0.382 e. The van der Waals surface area contributed by atoms with E-state index in [4.69, 9.17) is 4.74 Å². The highest BCUT2D eigenvalue weighted by molar-refractivity contribution is 9.10. The molecule has 0 spiro atoms. The van der Waals surface area contributed by atoms with Gasteiger partial charge < -0.3 is 10.1 Å². The average Bonchev–Trinajstić information content (AvgIpc) is 3.18. The first-order chi connectivity index (χ1) is 8.69. The van der Waals surface area contributed by atoms with E-state index in [1.165, 1.54) is 18.4 Å². The lowest BCUT2D eigenvalue weighted by molar-refractivity contribution is 0.104. The molecule has 2 nitrogen and oxygen atoms in total. The molecule has 1 aliphatic rings. The standard InChI is InChI=1S/C15H22BrNO/c1-11(18-2)8-13(10-17-15-6-7-15)12-4-3-5-14(16)9-12/h3-5,9,11,13,15,17H,6-8,10H2,1-2H3. The topological polar surface area (TPSA) is 21.3 Å². The molecule has 100 valence electrons. The maximum Gasteiger partial charge on any atom is 0.0549 e. The number of ether oxygens (including phenoxy) is 1. The number of benzene rings is 1. The van der Waals surface area contributed by atoms with Crippen molar-refractivity contribution in [3.8, 4) is 0 Å². The Bertz CT molecular complexity index is 379. The van der Waals surface area contributed by atoms with Crippen molar-refractivity contribution in [2.75, 3.05) is 13.7 Å². The zero-order valence-corrected chi connectivity index (χ0v) is 12.7. The number of nitrogens with one attached hydrogen (secondary N) is 1. The summed E-state index contributed by atoms with van der Waals surface area (Å²) in [5.74, 6) is 0.526. The van der Waals surface area contributed by atoms with E-state index in [9.17, 15) is 0 Å². The highest BCUT2D eigenvalue weighted by Crippen LogP contribution is 2.26. The predicted octanol–water partition coefficient (Wildman–Crippen LogP) is 3.71. The second-order valence-electron chi connectivity index (χ2n) is 5.22. The van der Waals surface area contributed by atoms with E-state index in [2.05, 4.69) is 52.4 Å². The molecule has 1 saturated carbocycles. The van der Waals surface area contributed by atoms with Crippen molar-refractivity contribution in [1.29, 1.82) is 0 Å². The van der Waals surface area contributed by atoms with Gasteiger partial charge in [-0.3, -0.25) is 0 Å². The Labute approximate surface area is 118 Å². The van der Waals surface area contributed by atoms with E-state index in [1.54, 1.807) is 7.11 Å². The number of hydrogen-bond acceptors (Lipinski definition) is 2. The Kier molecular flexibility index (Phi) is 5.22. The quantitative estimate of drug-likeness (QED) is 0.829. The lowest BCUT2D eigenvalue weighted by Crippen LogP contribution is -2.26. The van der Waals surface area contributed by atoms with Crippen molar-refractivity contribution in [2.24, 2.45) is 0 Å². The molecular formula is C15H22BrNO. The molecule has 0 heterocycles. The normalized spacial score (nSPS) is 18.6. The Balaban J connectivity index is 2.01. The maximum atomic E-state index is 5.42. The first kappa shape index (κ1) is 14.0. The molecule has 1 N–H and O–H groups in total. The van der Waals surface area contributed by atoms with Gasteiger partial charge in [0.1, 0.15) is 0 Å². The molecule has 2 rings (SSSR count). The molecule has 18 heavy (non-hydrogen) atoms. The van der Waals surface area contributed by atoms with Crippen molar-refractivity contribution in [1.82, 2.24) is 5.32 Å². The molecule has 0 radical (unpaired) electrons. The summed E-state index contributed by atoms with van der Waals surface area (Å²) < 4.78 is 6.57. The van der Waals surface area contributed by atoms with Gasteiger partial charge in [0.05, 0.1) is 6.10 Å². The van der Waals surface area contributed by atoms with Gasteiger partial charge in [0.15, 0.2) is 0 Å². The molecule has 0 aromatic heterocycles. The number of rotatable bonds is 7. The van der Waals surface area contributed by atoms with Gasteiger partial charge in [-0.25, -0.2) is 0 Å². The van der Waals surface area contributed by atoms with Crippen LogP contribution in [0.15, 0.2) is 28.7 Å². The molecule has 2 atom stereocenters. The molecule has 0 saturated heterocycles. The van der Waals surface area contributed by atoms with Crippen LogP contribution < -0.4 is 5.32 Å². The van der Waals surface area contributed by atoms with Crippen molar-refractivity contribution in [2.45, 2.75) is 44.2 Å². The van der Waals surface area contributed by atoms with Crippen LogP contribution in [-0.2, 0) is 4.74 Å². The van der Waals surface area contributed by atoms with Gasteiger partial charge in [-0.1, -0.05) is 28.1 Å². The lowest BCUT2D eigenvalue weighted by Gasteiger charge is -2.21. The van der Waals surface area contributed by atoms with Gasteiger partial charge in [0.25, 0.3) is 0 Å². The molecular weight excluding hydrogens is 290 g/mol. The molecule has 1 aromatic rings. The van der Waals surface area contributed by atoms with Crippen LogP contribution in [0.3, 0.4) is 0 Å². The van der Waals surface area contributed by atoms with Gasteiger partial charge in [-0.2, -0.15) is 0 Å². The van der Waals surface area contributed by atoms with Gasteiger partial charge in [0, 0.05) is 24.2 Å². The third-order valence-electron chi connectivity index (χ3n) is 3.57. The predicted molar refractivity (Wildman–Crippen MR) is 79.0 cm³/mol. The van der Waals surface area contributed by atoms with Crippen molar-refractivity contribution in [3.05, 3.63) is 34.3 Å². The Morgan fingerprint density at radius 2 is 2.22 bits per heavy atom. The fourth-order valence-electron chi connectivity index (χ4n) is 2.19. The van der Waals surface area contributed by atoms with Crippen LogP contribution in [0.5, 0.6) is 0 Å². The van der Waals surface area contributed by atoms with Crippen LogP contribution in [0.25, 0.3) is 0 Å². The summed E-state index contributed by atoms with van der Waals surface area (Å²) in [5.41, 5.74) is 1.39. The second kappa shape index (κ2) is 6.69. The van der Waals surface area contributed by atoms with Crippen molar-refractivity contribution >= 4 is 15.9 Å². The molecule has 1 fully saturated rings. The molecule has 0 amide bonds.